The standard InChI is InChI=1S/C20H24N2O4S/c1-2-26-18-8-10-19(11-9-18)27(24,25)22-14-12-21(13-15-22)16-20(23)17-6-4-3-5-7-17/h3-11H,2,12-16H2,1H3. The molecule has 1 heterocycles. The Bertz CT molecular complexity index is 859. The van der Waals surface area contributed by atoms with Crippen molar-refractivity contribution in [3.63, 3.8) is 0 Å². The van der Waals surface area contributed by atoms with Crippen LogP contribution in [-0.4, -0.2) is 62.7 Å². The Kier molecular flexibility index (Phi) is 6.26. The molecule has 1 saturated heterocycles. The lowest BCUT2D eigenvalue weighted by Gasteiger charge is -2.33. The molecule has 27 heavy (non-hydrogen) atoms. The molecule has 1 aliphatic rings. The van der Waals surface area contributed by atoms with Crippen molar-refractivity contribution in [1.82, 2.24) is 9.21 Å². The van der Waals surface area contributed by atoms with Crippen molar-refractivity contribution in [2.75, 3.05) is 39.3 Å². The number of hydrogen-bond donors (Lipinski definition) is 0. The van der Waals surface area contributed by atoms with Crippen LogP contribution in [-0.2, 0) is 10.0 Å². The molecule has 1 aliphatic heterocycles. The van der Waals surface area contributed by atoms with Crippen LogP contribution in [0.4, 0.5) is 0 Å². The third-order valence-electron chi connectivity index (χ3n) is 4.57. The predicted molar refractivity (Wildman–Crippen MR) is 104 cm³/mol. The molecular formula is C20H24N2O4S. The Morgan fingerprint density at radius 1 is 0.963 bits per heavy atom. The molecular weight excluding hydrogens is 364 g/mol. The predicted octanol–water partition coefficient (Wildman–Crippen LogP) is 2.27. The fourth-order valence-electron chi connectivity index (χ4n) is 3.07. The number of carbonyl (C=O) groups is 1. The first kappa shape index (κ1) is 19.5. The van der Waals surface area contributed by atoms with Gasteiger partial charge in [0, 0.05) is 31.7 Å². The summed E-state index contributed by atoms with van der Waals surface area (Å²) in [6.07, 6.45) is 0. The number of sulfonamides is 1. The van der Waals surface area contributed by atoms with Gasteiger partial charge in [-0.1, -0.05) is 30.3 Å². The zero-order valence-electron chi connectivity index (χ0n) is 15.4. The minimum Gasteiger partial charge on any atom is -0.494 e. The van der Waals surface area contributed by atoms with Gasteiger partial charge >= 0.3 is 0 Å². The molecule has 144 valence electrons. The minimum absolute atomic E-state index is 0.0541. The average Bonchev–Trinajstić information content (AvgIpc) is 2.70. The highest BCUT2D eigenvalue weighted by Gasteiger charge is 2.29. The van der Waals surface area contributed by atoms with Gasteiger partial charge in [-0.05, 0) is 31.2 Å². The number of Topliss-reactive ketones (excluding diaryl/α,β-unsaturated/α-hetero) is 1. The number of ether oxygens (including phenoxy) is 1. The smallest absolute Gasteiger partial charge is 0.243 e. The molecule has 1 fully saturated rings. The van der Waals surface area contributed by atoms with Gasteiger partial charge in [-0.25, -0.2) is 8.42 Å². The number of ketones is 1. The molecule has 0 spiro atoms. The van der Waals surface area contributed by atoms with Gasteiger partial charge < -0.3 is 4.74 Å². The maximum atomic E-state index is 12.8. The van der Waals surface area contributed by atoms with Crippen molar-refractivity contribution in [3.8, 4) is 5.75 Å². The fourth-order valence-corrected chi connectivity index (χ4v) is 4.49. The highest BCUT2D eigenvalue weighted by atomic mass is 32.2. The number of benzene rings is 2. The Morgan fingerprint density at radius 3 is 2.19 bits per heavy atom. The van der Waals surface area contributed by atoms with Gasteiger partial charge in [-0.2, -0.15) is 4.31 Å². The molecule has 0 unspecified atom stereocenters. The van der Waals surface area contributed by atoms with E-state index in [0.717, 1.165) is 0 Å². The highest BCUT2D eigenvalue weighted by molar-refractivity contribution is 7.89. The summed E-state index contributed by atoms with van der Waals surface area (Å²) >= 11 is 0. The van der Waals surface area contributed by atoms with Gasteiger partial charge in [-0.3, -0.25) is 9.69 Å². The van der Waals surface area contributed by atoms with E-state index in [4.69, 9.17) is 4.74 Å². The second-order valence-corrected chi connectivity index (χ2v) is 8.31. The van der Waals surface area contributed by atoms with E-state index in [1.54, 1.807) is 36.4 Å². The first-order valence-electron chi connectivity index (χ1n) is 9.04. The lowest BCUT2D eigenvalue weighted by atomic mass is 10.1. The molecule has 0 aromatic heterocycles. The number of hydrogen-bond acceptors (Lipinski definition) is 5. The molecule has 6 nitrogen and oxygen atoms in total. The van der Waals surface area contributed by atoms with Crippen molar-refractivity contribution in [2.24, 2.45) is 0 Å². The fraction of sp³-hybridized carbons (Fsp3) is 0.350. The largest absolute Gasteiger partial charge is 0.494 e. The monoisotopic (exact) mass is 388 g/mol. The third-order valence-corrected chi connectivity index (χ3v) is 6.48. The minimum atomic E-state index is -3.53. The molecule has 0 saturated carbocycles. The summed E-state index contributed by atoms with van der Waals surface area (Å²) in [6, 6.07) is 15.7. The number of nitrogens with zero attached hydrogens (tertiary/aromatic N) is 2. The number of piperazine rings is 1. The molecule has 0 radical (unpaired) electrons. The summed E-state index contributed by atoms with van der Waals surface area (Å²) in [5, 5.41) is 0. The quantitative estimate of drug-likeness (QED) is 0.681. The second kappa shape index (κ2) is 8.65. The first-order valence-corrected chi connectivity index (χ1v) is 10.5. The van der Waals surface area contributed by atoms with Crippen molar-refractivity contribution in [3.05, 3.63) is 60.2 Å². The van der Waals surface area contributed by atoms with Crippen LogP contribution in [0, 0.1) is 0 Å². The molecule has 2 aromatic rings. The molecule has 0 aliphatic carbocycles. The topological polar surface area (TPSA) is 66.9 Å². The van der Waals surface area contributed by atoms with Crippen molar-refractivity contribution in [1.29, 1.82) is 0 Å². The normalized spacial score (nSPS) is 16.2. The van der Waals surface area contributed by atoms with E-state index in [1.807, 2.05) is 30.0 Å². The van der Waals surface area contributed by atoms with Crippen LogP contribution in [0.3, 0.4) is 0 Å². The zero-order valence-corrected chi connectivity index (χ0v) is 16.2. The van der Waals surface area contributed by atoms with Crippen molar-refractivity contribution in [2.45, 2.75) is 11.8 Å². The van der Waals surface area contributed by atoms with E-state index >= 15 is 0 Å². The summed E-state index contributed by atoms with van der Waals surface area (Å²) < 4.78 is 32.5. The van der Waals surface area contributed by atoms with E-state index in [9.17, 15) is 13.2 Å². The Hall–Kier alpha value is -2.22. The third kappa shape index (κ3) is 4.74. The maximum absolute atomic E-state index is 12.8. The summed E-state index contributed by atoms with van der Waals surface area (Å²) in [6.45, 7) is 4.54. The molecule has 0 bridgehead atoms. The lowest BCUT2D eigenvalue weighted by Crippen LogP contribution is -2.49. The Morgan fingerprint density at radius 2 is 1.59 bits per heavy atom. The van der Waals surface area contributed by atoms with Gasteiger partial charge in [-0.15, -0.1) is 0 Å². The van der Waals surface area contributed by atoms with Crippen LogP contribution in [0.2, 0.25) is 0 Å². The van der Waals surface area contributed by atoms with Gasteiger partial charge in [0.25, 0.3) is 0 Å². The van der Waals surface area contributed by atoms with Crippen LogP contribution in [0.25, 0.3) is 0 Å². The summed E-state index contributed by atoms with van der Waals surface area (Å²) in [4.78, 5) is 14.6. The van der Waals surface area contributed by atoms with E-state index in [2.05, 4.69) is 0 Å². The van der Waals surface area contributed by atoms with E-state index in [-0.39, 0.29) is 10.7 Å². The molecule has 2 aromatic carbocycles. The van der Waals surface area contributed by atoms with Crippen molar-refractivity contribution >= 4 is 15.8 Å². The molecule has 0 N–H and O–H groups in total. The SMILES string of the molecule is CCOc1ccc(S(=O)(=O)N2CCN(CC(=O)c3ccccc3)CC2)cc1. The summed E-state index contributed by atoms with van der Waals surface area (Å²) in [5.41, 5.74) is 0.682. The number of rotatable bonds is 7. The van der Waals surface area contributed by atoms with Gasteiger partial charge in [0.05, 0.1) is 18.0 Å². The zero-order chi connectivity index (χ0) is 19.3. The van der Waals surface area contributed by atoms with E-state index in [0.29, 0.717) is 50.6 Å². The van der Waals surface area contributed by atoms with Crippen molar-refractivity contribution < 1.29 is 17.9 Å². The average molecular weight is 388 g/mol. The first-order chi connectivity index (χ1) is 13.0. The van der Waals surface area contributed by atoms with E-state index < -0.39 is 10.0 Å². The van der Waals surface area contributed by atoms with Gasteiger partial charge in [0.15, 0.2) is 5.78 Å². The van der Waals surface area contributed by atoms with Crippen LogP contribution in [0.1, 0.15) is 17.3 Å². The lowest BCUT2D eigenvalue weighted by molar-refractivity contribution is 0.0901. The summed E-state index contributed by atoms with van der Waals surface area (Å²) in [5.74, 6) is 0.708. The number of carbonyl (C=O) groups excluding carboxylic acids is 1. The summed E-state index contributed by atoms with van der Waals surface area (Å²) in [7, 11) is -3.53. The maximum Gasteiger partial charge on any atom is 0.243 e. The van der Waals surface area contributed by atoms with Gasteiger partial charge in [0.1, 0.15) is 5.75 Å². The highest BCUT2D eigenvalue weighted by Crippen LogP contribution is 2.21. The van der Waals surface area contributed by atoms with Crippen LogP contribution >= 0.6 is 0 Å². The Balaban J connectivity index is 1.58. The van der Waals surface area contributed by atoms with Crippen LogP contribution < -0.4 is 4.74 Å². The van der Waals surface area contributed by atoms with Gasteiger partial charge in [0.2, 0.25) is 10.0 Å². The molecule has 3 rings (SSSR count). The molecule has 0 atom stereocenters. The van der Waals surface area contributed by atoms with Crippen LogP contribution in [0.15, 0.2) is 59.5 Å². The molecule has 0 amide bonds. The Labute approximate surface area is 160 Å². The van der Waals surface area contributed by atoms with Crippen LogP contribution in [0.5, 0.6) is 5.75 Å². The molecule has 7 heteroatoms. The van der Waals surface area contributed by atoms with E-state index in [1.165, 1.54) is 4.31 Å². The second-order valence-electron chi connectivity index (χ2n) is 6.37.